The highest BCUT2D eigenvalue weighted by Gasteiger charge is 2.35. The highest BCUT2D eigenvalue weighted by molar-refractivity contribution is 6.41. The molecule has 142 valence electrons. The molecule has 0 aromatic heterocycles. The molecule has 0 spiro atoms. The molecule has 1 aromatic carbocycles. The lowest BCUT2D eigenvalue weighted by Gasteiger charge is -2.40. The van der Waals surface area contributed by atoms with Crippen LogP contribution in [0.2, 0.25) is 6.32 Å². The number of nitrogens with zero attached hydrogens (tertiary/aromatic N) is 1. The smallest absolute Gasteiger partial charge is 0.451 e. The Labute approximate surface area is 151 Å². The first-order valence-corrected chi connectivity index (χ1v) is 8.39. The predicted molar refractivity (Wildman–Crippen MR) is 93.0 cm³/mol. The first kappa shape index (κ1) is 20.0. The maximum atomic E-state index is 11.9. The minimum Gasteiger partial charge on any atom is -0.507 e. The fraction of sp³-hybridized carbons (Fsp3) is 0.500. The number of carbonyl (C=O) groups is 2. The first-order chi connectivity index (χ1) is 12.2. The first-order valence-electron chi connectivity index (χ1n) is 8.39. The second-order valence-corrected chi connectivity index (χ2v) is 6.27. The van der Waals surface area contributed by atoms with Gasteiger partial charge in [-0.1, -0.05) is 13.0 Å². The van der Waals surface area contributed by atoms with Crippen LogP contribution in [0.4, 0.5) is 0 Å². The molecule has 1 amide bonds. The molecule has 2 rings (SSSR count). The number of carbonyl (C=O) groups excluding carboxylic acids is 1. The molecular formula is C16H23BN2O7. The molecule has 0 unspecified atom stereocenters. The zero-order valence-corrected chi connectivity index (χ0v) is 14.5. The Morgan fingerprint density at radius 1 is 1.38 bits per heavy atom. The molecule has 1 aliphatic rings. The van der Waals surface area contributed by atoms with Crippen LogP contribution in [0.15, 0.2) is 12.1 Å². The van der Waals surface area contributed by atoms with Gasteiger partial charge in [-0.05, 0) is 30.8 Å². The summed E-state index contributed by atoms with van der Waals surface area (Å²) in [5, 5.41) is 37.4. The van der Waals surface area contributed by atoms with Gasteiger partial charge in [0, 0.05) is 0 Å². The molecule has 1 heterocycles. The lowest BCUT2D eigenvalue weighted by molar-refractivity contribution is -0.141. The molecule has 9 nitrogen and oxygen atoms in total. The van der Waals surface area contributed by atoms with Gasteiger partial charge in [0.05, 0.1) is 19.1 Å². The van der Waals surface area contributed by atoms with E-state index in [-0.39, 0.29) is 41.6 Å². The summed E-state index contributed by atoms with van der Waals surface area (Å²) in [6, 6.07) is 2.34. The quantitative estimate of drug-likeness (QED) is 0.384. The van der Waals surface area contributed by atoms with Gasteiger partial charge >= 0.3 is 13.1 Å². The summed E-state index contributed by atoms with van der Waals surface area (Å²) in [6.07, 6.45) is 0.210. The fourth-order valence-corrected chi connectivity index (χ4v) is 2.69. The number of hydrogen-bond donors (Lipinski definition) is 5. The zero-order valence-electron chi connectivity index (χ0n) is 14.5. The third kappa shape index (κ3) is 4.45. The van der Waals surface area contributed by atoms with Crippen molar-refractivity contribution < 1.29 is 34.6 Å². The van der Waals surface area contributed by atoms with Gasteiger partial charge in [0.15, 0.2) is 0 Å². The maximum absolute atomic E-state index is 11.9. The van der Waals surface area contributed by atoms with Gasteiger partial charge in [-0.25, -0.2) is 4.79 Å². The van der Waals surface area contributed by atoms with Crippen LogP contribution in [0, 0.1) is 0 Å². The van der Waals surface area contributed by atoms with E-state index in [0.29, 0.717) is 19.5 Å². The Morgan fingerprint density at radius 2 is 2.04 bits per heavy atom. The Bertz CT molecular complexity index is 677. The normalized spacial score (nSPS) is 15.3. The third-order valence-corrected chi connectivity index (χ3v) is 4.32. The van der Waals surface area contributed by atoms with E-state index in [0.717, 1.165) is 0 Å². The van der Waals surface area contributed by atoms with Crippen LogP contribution in [0.25, 0.3) is 0 Å². The summed E-state index contributed by atoms with van der Waals surface area (Å²) in [7, 11) is -1.55. The van der Waals surface area contributed by atoms with Crippen molar-refractivity contribution in [1.82, 2.24) is 4.90 Å². The third-order valence-electron chi connectivity index (χ3n) is 4.32. The maximum Gasteiger partial charge on any atom is 0.451 e. The Balaban J connectivity index is 2.07. The standard InChI is InChI=1S/C16H23BN2O7/c1-2-11(18)15(21)19-7-10(8-19)26-12-4-3-9(5-6-17(24)25)14(20)13(12)16(22)23/h3-4,10-11,20,24-25H,2,5-8,18H2,1H3,(H,22,23)/t11-/m1/s1. The molecule has 10 heteroatoms. The number of rotatable bonds is 8. The SMILES string of the molecule is CC[C@@H](N)C(=O)N1CC(Oc2ccc(CCB(O)O)c(O)c2C(=O)O)C1. The van der Waals surface area contributed by atoms with E-state index in [1.807, 2.05) is 6.92 Å². The Hall–Kier alpha value is -2.30. The van der Waals surface area contributed by atoms with E-state index >= 15 is 0 Å². The number of amides is 1. The van der Waals surface area contributed by atoms with Crippen molar-refractivity contribution in [3.05, 3.63) is 23.3 Å². The molecule has 0 aliphatic carbocycles. The van der Waals surface area contributed by atoms with Crippen LogP contribution in [0.3, 0.4) is 0 Å². The van der Waals surface area contributed by atoms with E-state index in [2.05, 4.69) is 0 Å². The largest absolute Gasteiger partial charge is 0.507 e. The second kappa shape index (κ2) is 8.39. The predicted octanol–water partition coefficient (Wildman–Crippen LogP) is -0.567. The topological polar surface area (TPSA) is 154 Å². The van der Waals surface area contributed by atoms with Crippen molar-refractivity contribution >= 4 is 19.0 Å². The average molecular weight is 366 g/mol. The number of carboxylic acid groups (broad SMARTS) is 1. The molecule has 0 bridgehead atoms. The van der Waals surface area contributed by atoms with Crippen molar-refractivity contribution in [3.63, 3.8) is 0 Å². The highest BCUT2D eigenvalue weighted by Crippen LogP contribution is 2.34. The number of likely N-dealkylation sites (tertiary alicyclic amines) is 1. The molecule has 0 saturated carbocycles. The van der Waals surface area contributed by atoms with E-state index in [1.165, 1.54) is 17.0 Å². The van der Waals surface area contributed by atoms with Gasteiger partial charge in [-0.2, -0.15) is 0 Å². The van der Waals surface area contributed by atoms with Crippen LogP contribution >= 0.6 is 0 Å². The minimum absolute atomic E-state index is 0.000172. The van der Waals surface area contributed by atoms with E-state index in [9.17, 15) is 19.8 Å². The summed E-state index contributed by atoms with van der Waals surface area (Å²) in [4.78, 5) is 25.0. The number of hydrogen-bond acceptors (Lipinski definition) is 7. The van der Waals surface area contributed by atoms with Gasteiger partial charge in [0.2, 0.25) is 5.91 Å². The van der Waals surface area contributed by atoms with Crippen molar-refractivity contribution in [1.29, 1.82) is 0 Å². The van der Waals surface area contributed by atoms with Crippen molar-refractivity contribution in [2.75, 3.05) is 13.1 Å². The molecule has 1 saturated heterocycles. The van der Waals surface area contributed by atoms with E-state index in [1.54, 1.807) is 0 Å². The van der Waals surface area contributed by atoms with Crippen LogP contribution in [-0.2, 0) is 11.2 Å². The number of phenols is 1. The molecular weight excluding hydrogens is 343 g/mol. The second-order valence-electron chi connectivity index (χ2n) is 6.27. The molecule has 0 radical (unpaired) electrons. The van der Waals surface area contributed by atoms with Crippen LogP contribution in [0.5, 0.6) is 11.5 Å². The molecule has 26 heavy (non-hydrogen) atoms. The van der Waals surface area contributed by atoms with Crippen molar-refractivity contribution in [3.8, 4) is 11.5 Å². The van der Waals surface area contributed by atoms with Gasteiger partial charge in [0.1, 0.15) is 23.2 Å². The lowest BCUT2D eigenvalue weighted by atomic mass is 9.82. The van der Waals surface area contributed by atoms with Gasteiger partial charge < -0.3 is 35.6 Å². The van der Waals surface area contributed by atoms with E-state index < -0.39 is 24.9 Å². The Kier molecular flexibility index (Phi) is 6.46. The minimum atomic E-state index is -1.55. The summed E-state index contributed by atoms with van der Waals surface area (Å²) in [5.41, 5.74) is 5.59. The number of aromatic carboxylic acids is 1. The summed E-state index contributed by atoms with van der Waals surface area (Å²) in [5.74, 6) is -1.99. The monoisotopic (exact) mass is 366 g/mol. The molecule has 1 atom stereocenters. The number of ether oxygens (including phenoxy) is 1. The molecule has 1 fully saturated rings. The fourth-order valence-electron chi connectivity index (χ4n) is 2.69. The number of aryl methyl sites for hydroxylation is 1. The van der Waals surface area contributed by atoms with Crippen molar-refractivity contribution in [2.24, 2.45) is 5.73 Å². The average Bonchev–Trinajstić information content (AvgIpc) is 2.54. The van der Waals surface area contributed by atoms with Crippen LogP contribution < -0.4 is 10.5 Å². The number of benzene rings is 1. The van der Waals surface area contributed by atoms with Gasteiger partial charge in [-0.15, -0.1) is 0 Å². The summed E-state index contributed by atoms with van der Waals surface area (Å²) < 4.78 is 5.62. The number of aromatic hydroxyl groups is 1. The van der Waals surface area contributed by atoms with Crippen LogP contribution in [-0.4, -0.2) is 69.4 Å². The van der Waals surface area contributed by atoms with E-state index in [4.69, 9.17) is 20.5 Å². The molecule has 1 aliphatic heterocycles. The van der Waals surface area contributed by atoms with Gasteiger partial charge in [-0.3, -0.25) is 4.79 Å². The van der Waals surface area contributed by atoms with Crippen molar-refractivity contribution in [2.45, 2.75) is 38.2 Å². The van der Waals surface area contributed by atoms with Crippen LogP contribution in [0.1, 0.15) is 29.3 Å². The Morgan fingerprint density at radius 3 is 2.58 bits per heavy atom. The lowest BCUT2D eigenvalue weighted by Crippen LogP contribution is -2.59. The summed E-state index contributed by atoms with van der Waals surface area (Å²) >= 11 is 0. The highest BCUT2D eigenvalue weighted by atomic mass is 16.5. The zero-order chi connectivity index (χ0) is 19.4. The number of nitrogens with two attached hydrogens (primary N) is 1. The molecule has 6 N–H and O–H groups in total. The summed E-state index contributed by atoms with van der Waals surface area (Å²) in [6.45, 7) is 2.41. The number of carboxylic acids is 1. The van der Waals surface area contributed by atoms with Gasteiger partial charge in [0.25, 0.3) is 0 Å². The molecule has 1 aromatic rings.